The Hall–Kier alpha value is -2.60. The van der Waals surface area contributed by atoms with E-state index in [1.54, 1.807) is 0 Å². The van der Waals surface area contributed by atoms with Gasteiger partial charge in [-0.2, -0.15) is 9.61 Å². The van der Waals surface area contributed by atoms with Crippen molar-refractivity contribution < 1.29 is 4.74 Å². The first-order valence-electron chi connectivity index (χ1n) is 9.78. The number of nitrogens with zero attached hydrogens (tertiary/aromatic N) is 4. The van der Waals surface area contributed by atoms with Gasteiger partial charge < -0.3 is 15.0 Å². The lowest BCUT2D eigenvalue weighted by atomic mass is 9.99. The lowest BCUT2D eigenvalue weighted by Gasteiger charge is -2.41. The Morgan fingerprint density at radius 3 is 2.78 bits per heavy atom. The zero-order valence-corrected chi connectivity index (χ0v) is 15.7. The van der Waals surface area contributed by atoms with E-state index in [4.69, 9.17) is 9.72 Å². The molecule has 5 rings (SSSR count). The Morgan fingerprint density at radius 2 is 1.93 bits per heavy atom. The third-order valence-electron chi connectivity index (χ3n) is 5.54. The van der Waals surface area contributed by atoms with Gasteiger partial charge in [0.25, 0.3) is 0 Å². The van der Waals surface area contributed by atoms with E-state index in [-0.39, 0.29) is 0 Å². The monoisotopic (exact) mass is 363 g/mol. The van der Waals surface area contributed by atoms with E-state index in [2.05, 4.69) is 46.5 Å². The Labute approximate surface area is 159 Å². The minimum absolute atomic E-state index is 0.546. The highest BCUT2D eigenvalue weighted by Gasteiger charge is 2.32. The number of ether oxygens (including phenoxy) is 1. The maximum absolute atomic E-state index is 5.98. The van der Waals surface area contributed by atoms with Crippen molar-refractivity contribution in [1.82, 2.24) is 19.9 Å². The molecule has 0 amide bonds. The highest BCUT2D eigenvalue weighted by Crippen LogP contribution is 2.31. The van der Waals surface area contributed by atoms with Gasteiger partial charge in [0.1, 0.15) is 11.6 Å². The molecule has 6 heteroatoms. The van der Waals surface area contributed by atoms with Gasteiger partial charge in [0.05, 0.1) is 18.5 Å². The molecule has 1 fully saturated rings. The highest BCUT2D eigenvalue weighted by atomic mass is 16.5. The molecular weight excluding hydrogens is 338 g/mol. The molecule has 0 atom stereocenters. The van der Waals surface area contributed by atoms with E-state index >= 15 is 0 Å². The zero-order chi connectivity index (χ0) is 18.2. The molecule has 27 heavy (non-hydrogen) atoms. The molecule has 0 bridgehead atoms. The number of nitrogens with one attached hydrogen (secondary N) is 1. The van der Waals surface area contributed by atoms with Crippen LogP contribution in [0.2, 0.25) is 0 Å². The second-order valence-corrected chi connectivity index (χ2v) is 7.61. The van der Waals surface area contributed by atoms with Crippen molar-refractivity contribution in [2.24, 2.45) is 5.92 Å². The molecular formula is C21H25N5O. The first-order chi connectivity index (χ1) is 13.3. The van der Waals surface area contributed by atoms with Gasteiger partial charge in [-0.15, -0.1) is 0 Å². The third kappa shape index (κ3) is 3.14. The molecule has 0 spiro atoms. The first kappa shape index (κ1) is 16.6. The number of aryl methyl sites for hydroxylation is 1. The van der Waals surface area contributed by atoms with Crippen LogP contribution in [0.25, 0.3) is 5.65 Å². The summed E-state index contributed by atoms with van der Waals surface area (Å²) in [6, 6.07) is 10.3. The van der Waals surface area contributed by atoms with Crippen LogP contribution in [0, 0.1) is 12.8 Å². The molecule has 2 aliphatic rings. The summed E-state index contributed by atoms with van der Waals surface area (Å²) < 4.78 is 8.00. The quantitative estimate of drug-likeness (QED) is 0.770. The van der Waals surface area contributed by atoms with Crippen molar-refractivity contribution in [1.29, 1.82) is 0 Å². The van der Waals surface area contributed by atoms with Crippen molar-refractivity contribution in [3.63, 3.8) is 0 Å². The summed E-state index contributed by atoms with van der Waals surface area (Å²) in [5.41, 5.74) is 4.79. The van der Waals surface area contributed by atoms with Crippen molar-refractivity contribution in [2.45, 2.75) is 19.8 Å². The number of hydrogen-bond donors (Lipinski definition) is 1. The second-order valence-electron chi connectivity index (χ2n) is 7.61. The van der Waals surface area contributed by atoms with Gasteiger partial charge in [-0.1, -0.05) is 17.7 Å². The van der Waals surface area contributed by atoms with E-state index in [9.17, 15) is 0 Å². The van der Waals surface area contributed by atoms with Crippen molar-refractivity contribution >= 4 is 11.5 Å². The molecule has 1 N–H and O–H groups in total. The third-order valence-corrected chi connectivity index (χ3v) is 5.54. The fraction of sp³-hybridized carbons (Fsp3) is 0.429. The number of hydrogen-bond acceptors (Lipinski definition) is 5. The van der Waals surface area contributed by atoms with Gasteiger partial charge in [-0.05, 0) is 32.0 Å². The zero-order valence-electron chi connectivity index (χ0n) is 15.7. The Bertz CT molecular complexity index is 943. The summed E-state index contributed by atoms with van der Waals surface area (Å²) >= 11 is 0. The summed E-state index contributed by atoms with van der Waals surface area (Å²) in [5, 5.41) is 8.03. The molecule has 2 aliphatic heterocycles. The van der Waals surface area contributed by atoms with Crippen LogP contribution in [0.4, 0.5) is 5.82 Å². The Balaban J connectivity index is 1.32. The molecule has 0 aliphatic carbocycles. The molecule has 0 saturated carbocycles. The van der Waals surface area contributed by atoms with E-state index in [1.807, 2.05) is 16.8 Å². The normalized spacial score (nSPS) is 17.4. The topological polar surface area (TPSA) is 54.7 Å². The highest BCUT2D eigenvalue weighted by molar-refractivity contribution is 5.59. The summed E-state index contributed by atoms with van der Waals surface area (Å²) in [4.78, 5) is 7.29. The summed E-state index contributed by atoms with van der Waals surface area (Å²) in [6.07, 6.45) is 3.84. The standard InChI is InChI=1S/C21H25N5O/c1-15-2-4-17(5-3-15)27-14-16-12-25(13-16)21-18-6-9-22-10-7-19(18)24-20-8-11-23-26(20)21/h2-5,8,11,16,22H,6-7,9-10,12-14H2,1H3. The van der Waals surface area contributed by atoms with Gasteiger partial charge in [0.15, 0.2) is 5.65 Å². The first-order valence-corrected chi connectivity index (χ1v) is 9.78. The van der Waals surface area contributed by atoms with Crippen LogP contribution in [0.1, 0.15) is 16.8 Å². The fourth-order valence-electron chi connectivity index (χ4n) is 4.04. The fourth-order valence-corrected chi connectivity index (χ4v) is 4.04. The minimum atomic E-state index is 0.546. The number of fused-ring (bicyclic) bond motifs is 2. The number of aromatic nitrogens is 3. The van der Waals surface area contributed by atoms with Crippen molar-refractivity contribution in [3.8, 4) is 5.75 Å². The van der Waals surface area contributed by atoms with Crippen LogP contribution >= 0.6 is 0 Å². The van der Waals surface area contributed by atoms with Crippen LogP contribution in [-0.4, -0.2) is 47.4 Å². The van der Waals surface area contributed by atoms with Crippen molar-refractivity contribution in [3.05, 3.63) is 53.3 Å². The second kappa shape index (κ2) is 6.85. The van der Waals surface area contributed by atoms with Gasteiger partial charge in [0, 0.05) is 43.6 Å². The van der Waals surface area contributed by atoms with Crippen LogP contribution in [-0.2, 0) is 12.8 Å². The number of anilines is 1. The molecule has 1 aromatic carbocycles. The van der Waals surface area contributed by atoms with E-state index < -0.39 is 0 Å². The van der Waals surface area contributed by atoms with Gasteiger partial charge >= 0.3 is 0 Å². The number of benzene rings is 1. The summed E-state index contributed by atoms with van der Waals surface area (Å²) in [5.74, 6) is 2.73. The molecule has 1 saturated heterocycles. The van der Waals surface area contributed by atoms with Gasteiger partial charge in [-0.25, -0.2) is 4.98 Å². The van der Waals surface area contributed by atoms with Crippen LogP contribution in [0.3, 0.4) is 0 Å². The van der Waals surface area contributed by atoms with Crippen molar-refractivity contribution in [2.75, 3.05) is 37.7 Å². The predicted octanol–water partition coefficient (Wildman–Crippen LogP) is 2.24. The molecule has 3 aromatic rings. The molecule has 140 valence electrons. The smallest absolute Gasteiger partial charge is 0.157 e. The minimum Gasteiger partial charge on any atom is -0.493 e. The summed E-state index contributed by atoms with van der Waals surface area (Å²) in [6.45, 7) is 6.86. The largest absolute Gasteiger partial charge is 0.493 e. The predicted molar refractivity (Wildman–Crippen MR) is 106 cm³/mol. The molecule has 0 unspecified atom stereocenters. The summed E-state index contributed by atoms with van der Waals surface area (Å²) in [7, 11) is 0. The molecule has 4 heterocycles. The van der Waals surface area contributed by atoms with Crippen LogP contribution in [0.15, 0.2) is 36.5 Å². The van der Waals surface area contributed by atoms with Gasteiger partial charge in [0.2, 0.25) is 0 Å². The number of rotatable bonds is 4. The molecule has 0 radical (unpaired) electrons. The maximum Gasteiger partial charge on any atom is 0.157 e. The average molecular weight is 363 g/mol. The van der Waals surface area contributed by atoms with E-state index in [1.165, 1.54) is 22.6 Å². The van der Waals surface area contributed by atoms with Crippen LogP contribution in [0.5, 0.6) is 5.75 Å². The SMILES string of the molecule is Cc1ccc(OCC2CN(c3c4c(nc5ccnn35)CCNCC4)C2)cc1. The lowest BCUT2D eigenvalue weighted by molar-refractivity contribution is 0.219. The Morgan fingerprint density at radius 1 is 1.11 bits per heavy atom. The Kier molecular flexibility index (Phi) is 4.20. The maximum atomic E-state index is 5.98. The van der Waals surface area contributed by atoms with E-state index in [0.717, 1.165) is 57.0 Å². The molecule has 6 nitrogen and oxygen atoms in total. The average Bonchev–Trinajstić information content (AvgIpc) is 2.98. The van der Waals surface area contributed by atoms with Crippen LogP contribution < -0.4 is 15.0 Å². The lowest BCUT2D eigenvalue weighted by Crippen LogP contribution is -2.50. The van der Waals surface area contributed by atoms with E-state index in [0.29, 0.717) is 5.92 Å². The van der Waals surface area contributed by atoms with Gasteiger partial charge in [-0.3, -0.25) is 0 Å². The molecule has 2 aromatic heterocycles.